The Morgan fingerprint density at radius 2 is 2.10 bits per heavy atom. The highest BCUT2D eigenvalue weighted by atomic mass is 32.1. The van der Waals surface area contributed by atoms with Gasteiger partial charge in [-0.1, -0.05) is 33.1 Å². The molecule has 1 aliphatic rings. The molecule has 0 bridgehead atoms. The van der Waals surface area contributed by atoms with Crippen molar-refractivity contribution in [2.24, 2.45) is 10.7 Å². The van der Waals surface area contributed by atoms with E-state index in [2.05, 4.69) is 36.1 Å². The molecule has 0 aromatic carbocycles. The standard InChI is InChI=1S/C15H26N4S/c1-10(2)14-11(3)20-13(19-14)9-17-15(16)18-12-7-5-4-6-8-12/h10,12H,4-9H2,1-3H3,(H3,16,17,18). The number of nitrogens with one attached hydrogen (secondary N) is 1. The minimum atomic E-state index is 0.474. The summed E-state index contributed by atoms with van der Waals surface area (Å²) in [7, 11) is 0. The summed E-state index contributed by atoms with van der Waals surface area (Å²) in [5, 5.41) is 4.39. The van der Waals surface area contributed by atoms with Crippen LogP contribution in [0.3, 0.4) is 0 Å². The zero-order valence-electron chi connectivity index (χ0n) is 12.8. The van der Waals surface area contributed by atoms with Gasteiger partial charge in [0.05, 0.1) is 12.2 Å². The van der Waals surface area contributed by atoms with Crippen LogP contribution in [-0.4, -0.2) is 17.0 Å². The van der Waals surface area contributed by atoms with Gasteiger partial charge in [-0.3, -0.25) is 0 Å². The topological polar surface area (TPSA) is 63.3 Å². The fraction of sp³-hybridized carbons (Fsp3) is 0.733. The Bertz CT molecular complexity index is 458. The molecule has 0 saturated heterocycles. The van der Waals surface area contributed by atoms with Gasteiger partial charge in [0, 0.05) is 10.9 Å². The Balaban J connectivity index is 1.89. The number of aryl methyl sites for hydroxylation is 1. The summed E-state index contributed by atoms with van der Waals surface area (Å²) in [5.74, 6) is 1.04. The van der Waals surface area contributed by atoms with E-state index in [0.717, 1.165) is 5.01 Å². The lowest BCUT2D eigenvalue weighted by Crippen LogP contribution is -2.41. The third kappa shape index (κ3) is 4.20. The van der Waals surface area contributed by atoms with E-state index in [1.165, 1.54) is 42.7 Å². The SMILES string of the molecule is Cc1sc(CN=C(N)NC2CCCCC2)nc1C(C)C. The number of rotatable bonds is 4. The number of hydrogen-bond donors (Lipinski definition) is 2. The highest BCUT2D eigenvalue weighted by molar-refractivity contribution is 7.11. The van der Waals surface area contributed by atoms with Gasteiger partial charge in [-0.25, -0.2) is 9.98 Å². The van der Waals surface area contributed by atoms with Crippen molar-refractivity contribution >= 4 is 17.3 Å². The van der Waals surface area contributed by atoms with Crippen molar-refractivity contribution in [3.8, 4) is 0 Å². The molecule has 0 amide bonds. The molecular weight excluding hydrogens is 268 g/mol. The highest BCUT2D eigenvalue weighted by Crippen LogP contribution is 2.24. The first-order valence-corrected chi connectivity index (χ1v) is 8.40. The van der Waals surface area contributed by atoms with E-state index >= 15 is 0 Å². The van der Waals surface area contributed by atoms with Crippen LogP contribution in [0.2, 0.25) is 0 Å². The fourth-order valence-corrected chi connectivity index (χ4v) is 3.74. The summed E-state index contributed by atoms with van der Waals surface area (Å²) >= 11 is 1.73. The lowest BCUT2D eigenvalue weighted by atomic mass is 9.96. The molecule has 112 valence electrons. The van der Waals surface area contributed by atoms with Gasteiger partial charge in [-0.05, 0) is 25.7 Å². The number of guanidine groups is 1. The van der Waals surface area contributed by atoms with Crippen molar-refractivity contribution in [3.63, 3.8) is 0 Å². The summed E-state index contributed by atoms with van der Waals surface area (Å²) < 4.78 is 0. The minimum absolute atomic E-state index is 0.474. The number of nitrogens with two attached hydrogens (primary N) is 1. The number of hydrogen-bond acceptors (Lipinski definition) is 3. The van der Waals surface area contributed by atoms with Gasteiger partial charge in [0.25, 0.3) is 0 Å². The van der Waals surface area contributed by atoms with Crippen LogP contribution in [0.4, 0.5) is 0 Å². The number of thiazole rings is 1. The summed E-state index contributed by atoms with van der Waals surface area (Å²) in [6, 6.07) is 0.511. The Morgan fingerprint density at radius 1 is 1.40 bits per heavy atom. The van der Waals surface area contributed by atoms with Crippen LogP contribution in [0.5, 0.6) is 0 Å². The summed E-state index contributed by atoms with van der Waals surface area (Å²) in [6.07, 6.45) is 6.38. The average Bonchev–Trinajstić information content (AvgIpc) is 2.79. The predicted molar refractivity (Wildman–Crippen MR) is 86.3 cm³/mol. The zero-order valence-corrected chi connectivity index (χ0v) is 13.6. The molecule has 1 heterocycles. The van der Waals surface area contributed by atoms with Crippen LogP contribution in [0, 0.1) is 6.92 Å². The van der Waals surface area contributed by atoms with Crippen molar-refractivity contribution in [1.29, 1.82) is 0 Å². The number of nitrogens with zero attached hydrogens (tertiary/aromatic N) is 2. The van der Waals surface area contributed by atoms with Gasteiger partial charge in [0.2, 0.25) is 0 Å². The lowest BCUT2D eigenvalue weighted by Gasteiger charge is -2.23. The second-order valence-corrected chi connectivity index (χ2v) is 7.17. The van der Waals surface area contributed by atoms with Crippen molar-refractivity contribution in [2.45, 2.75) is 71.4 Å². The lowest BCUT2D eigenvalue weighted by molar-refractivity contribution is 0.412. The average molecular weight is 294 g/mol. The number of aliphatic imine (C=N–C) groups is 1. The molecule has 0 atom stereocenters. The van der Waals surface area contributed by atoms with Gasteiger partial charge in [0.15, 0.2) is 5.96 Å². The third-order valence-corrected chi connectivity index (χ3v) is 4.74. The van der Waals surface area contributed by atoms with E-state index < -0.39 is 0 Å². The largest absolute Gasteiger partial charge is 0.370 e. The molecule has 1 aromatic rings. The number of aromatic nitrogens is 1. The minimum Gasteiger partial charge on any atom is -0.370 e. The third-order valence-electron chi connectivity index (χ3n) is 3.77. The van der Waals surface area contributed by atoms with E-state index in [1.807, 2.05) is 0 Å². The molecule has 0 spiro atoms. The summed E-state index contributed by atoms with van der Waals surface area (Å²) in [5.41, 5.74) is 7.17. The molecule has 2 rings (SSSR count). The Kier molecular flexibility index (Phi) is 5.40. The van der Waals surface area contributed by atoms with Gasteiger partial charge in [0.1, 0.15) is 5.01 Å². The summed E-state index contributed by atoms with van der Waals surface area (Å²) in [6.45, 7) is 7.07. The van der Waals surface area contributed by atoms with Crippen LogP contribution in [0.15, 0.2) is 4.99 Å². The zero-order chi connectivity index (χ0) is 14.5. The molecule has 1 aliphatic carbocycles. The van der Waals surface area contributed by atoms with Crippen molar-refractivity contribution < 1.29 is 0 Å². The quantitative estimate of drug-likeness (QED) is 0.661. The van der Waals surface area contributed by atoms with E-state index in [4.69, 9.17) is 5.73 Å². The smallest absolute Gasteiger partial charge is 0.189 e. The maximum atomic E-state index is 5.97. The molecule has 5 heteroatoms. The molecule has 0 radical (unpaired) electrons. The molecule has 3 N–H and O–H groups in total. The molecule has 0 unspecified atom stereocenters. The van der Waals surface area contributed by atoms with Gasteiger partial charge >= 0.3 is 0 Å². The molecule has 1 aromatic heterocycles. The maximum absolute atomic E-state index is 5.97. The molecule has 0 aliphatic heterocycles. The molecular formula is C15H26N4S. The highest BCUT2D eigenvalue weighted by Gasteiger charge is 2.14. The Labute approximate surface area is 125 Å². The van der Waals surface area contributed by atoms with E-state index in [1.54, 1.807) is 11.3 Å². The normalized spacial score (nSPS) is 17.7. The van der Waals surface area contributed by atoms with Crippen LogP contribution in [0.25, 0.3) is 0 Å². The van der Waals surface area contributed by atoms with Crippen LogP contribution in [-0.2, 0) is 6.54 Å². The van der Waals surface area contributed by atoms with Gasteiger partial charge < -0.3 is 11.1 Å². The monoisotopic (exact) mass is 294 g/mol. The first-order chi connectivity index (χ1) is 9.56. The van der Waals surface area contributed by atoms with Gasteiger partial charge in [-0.15, -0.1) is 11.3 Å². The van der Waals surface area contributed by atoms with Crippen molar-refractivity contribution in [2.75, 3.05) is 0 Å². The predicted octanol–water partition coefficient (Wildman–Crippen LogP) is 3.31. The van der Waals surface area contributed by atoms with Gasteiger partial charge in [-0.2, -0.15) is 0 Å². The molecule has 4 nitrogen and oxygen atoms in total. The van der Waals surface area contributed by atoms with Crippen molar-refractivity contribution in [1.82, 2.24) is 10.3 Å². The first kappa shape index (κ1) is 15.3. The van der Waals surface area contributed by atoms with Crippen molar-refractivity contribution in [3.05, 3.63) is 15.6 Å². The fourth-order valence-electron chi connectivity index (χ4n) is 2.72. The van der Waals surface area contributed by atoms with E-state index in [-0.39, 0.29) is 0 Å². The molecule has 20 heavy (non-hydrogen) atoms. The second-order valence-electron chi connectivity index (χ2n) is 5.88. The van der Waals surface area contributed by atoms with Crippen LogP contribution < -0.4 is 11.1 Å². The maximum Gasteiger partial charge on any atom is 0.189 e. The van der Waals surface area contributed by atoms with Crippen LogP contribution >= 0.6 is 11.3 Å². The Hall–Kier alpha value is -1.10. The first-order valence-electron chi connectivity index (χ1n) is 7.59. The second kappa shape index (κ2) is 7.07. The van der Waals surface area contributed by atoms with E-state index in [9.17, 15) is 0 Å². The van der Waals surface area contributed by atoms with E-state index in [0.29, 0.717) is 24.5 Å². The molecule has 1 fully saturated rings. The Morgan fingerprint density at radius 3 is 2.70 bits per heavy atom. The summed E-state index contributed by atoms with van der Waals surface area (Å²) in [4.78, 5) is 10.4. The van der Waals surface area contributed by atoms with Crippen LogP contribution in [0.1, 0.15) is 67.4 Å². The molecule has 1 saturated carbocycles.